The molecule has 0 aliphatic heterocycles. The summed E-state index contributed by atoms with van der Waals surface area (Å²) in [5.74, 6) is 0. The van der Waals surface area contributed by atoms with Crippen molar-refractivity contribution >= 4 is 10.2 Å². The minimum Gasteiger partial charge on any atom is -0.394 e. The molecule has 78 valence electrons. The summed E-state index contributed by atoms with van der Waals surface area (Å²) >= 11 is 0. The second-order valence-electron chi connectivity index (χ2n) is 4.04. The van der Waals surface area contributed by atoms with E-state index in [-0.39, 0.29) is 12.6 Å². The highest BCUT2D eigenvalue weighted by molar-refractivity contribution is 7.87. The highest BCUT2D eigenvalue weighted by atomic mass is 32.2. The van der Waals surface area contributed by atoms with Gasteiger partial charge in [-0.2, -0.15) is 17.9 Å². The van der Waals surface area contributed by atoms with Crippen LogP contribution in [0.25, 0.3) is 0 Å². The van der Waals surface area contributed by atoms with Crippen LogP contribution in [0.2, 0.25) is 0 Å². The Morgan fingerprint density at radius 1 is 1.46 bits per heavy atom. The van der Waals surface area contributed by atoms with Gasteiger partial charge in [0.2, 0.25) is 0 Å². The Bertz CT molecular complexity index is 269. The minimum absolute atomic E-state index is 0.0898. The molecular weight excluding hydrogens is 192 g/mol. The zero-order valence-corrected chi connectivity index (χ0v) is 8.69. The maximum Gasteiger partial charge on any atom is 0.277 e. The van der Waals surface area contributed by atoms with E-state index in [9.17, 15) is 8.42 Å². The summed E-state index contributed by atoms with van der Waals surface area (Å²) in [7, 11) is -3.45. The lowest BCUT2D eigenvalue weighted by atomic mass is 10.1. The molecule has 0 amide bonds. The first-order chi connectivity index (χ1) is 5.85. The van der Waals surface area contributed by atoms with E-state index in [4.69, 9.17) is 5.11 Å². The van der Waals surface area contributed by atoms with Crippen LogP contribution in [0.1, 0.15) is 26.7 Å². The van der Waals surface area contributed by atoms with Crippen LogP contribution in [0.3, 0.4) is 0 Å². The summed E-state index contributed by atoms with van der Waals surface area (Å²) in [5.41, 5.74) is -0.805. The standard InChI is InChI=1S/C7H16N2O3S/c1-7(2,5-10)9-13(11,12)8-6-3-4-6/h6,8-10H,3-5H2,1-2H3. The number of aliphatic hydroxyl groups excluding tert-OH is 1. The van der Waals surface area contributed by atoms with Gasteiger partial charge in [0.15, 0.2) is 0 Å². The Morgan fingerprint density at radius 2 is 2.00 bits per heavy atom. The molecule has 6 heteroatoms. The van der Waals surface area contributed by atoms with Gasteiger partial charge in [-0.1, -0.05) is 0 Å². The summed E-state index contributed by atoms with van der Waals surface area (Å²) < 4.78 is 27.5. The van der Waals surface area contributed by atoms with Crippen molar-refractivity contribution in [3.05, 3.63) is 0 Å². The molecule has 13 heavy (non-hydrogen) atoms. The van der Waals surface area contributed by atoms with Gasteiger partial charge in [-0.3, -0.25) is 0 Å². The smallest absolute Gasteiger partial charge is 0.277 e. The molecule has 0 aromatic carbocycles. The van der Waals surface area contributed by atoms with Gasteiger partial charge in [0.25, 0.3) is 10.2 Å². The third-order valence-electron chi connectivity index (χ3n) is 1.71. The van der Waals surface area contributed by atoms with Crippen molar-refractivity contribution in [2.24, 2.45) is 0 Å². The molecule has 0 bridgehead atoms. The van der Waals surface area contributed by atoms with E-state index in [1.807, 2.05) is 0 Å². The van der Waals surface area contributed by atoms with Gasteiger partial charge in [0.05, 0.1) is 12.1 Å². The van der Waals surface area contributed by atoms with Crippen LogP contribution in [-0.4, -0.2) is 31.7 Å². The molecule has 0 aromatic rings. The molecule has 5 nitrogen and oxygen atoms in total. The molecule has 1 aliphatic rings. The first kappa shape index (κ1) is 10.9. The van der Waals surface area contributed by atoms with Crippen molar-refractivity contribution in [2.45, 2.75) is 38.3 Å². The topological polar surface area (TPSA) is 78.4 Å². The lowest BCUT2D eigenvalue weighted by Gasteiger charge is -2.23. The van der Waals surface area contributed by atoms with Crippen LogP contribution >= 0.6 is 0 Å². The maximum atomic E-state index is 11.3. The van der Waals surface area contributed by atoms with Gasteiger partial charge in [0, 0.05) is 6.04 Å². The molecule has 1 aliphatic carbocycles. The van der Waals surface area contributed by atoms with Crippen molar-refractivity contribution in [1.82, 2.24) is 9.44 Å². The number of nitrogens with one attached hydrogen (secondary N) is 2. The number of hydrogen-bond acceptors (Lipinski definition) is 3. The Morgan fingerprint density at radius 3 is 2.38 bits per heavy atom. The molecule has 0 unspecified atom stereocenters. The lowest BCUT2D eigenvalue weighted by molar-refractivity contribution is 0.208. The Hall–Kier alpha value is -0.170. The molecule has 0 heterocycles. The maximum absolute atomic E-state index is 11.3. The zero-order valence-electron chi connectivity index (χ0n) is 7.87. The zero-order chi connectivity index (χ0) is 10.1. The van der Waals surface area contributed by atoms with Crippen LogP contribution in [0.4, 0.5) is 0 Å². The van der Waals surface area contributed by atoms with E-state index < -0.39 is 15.7 Å². The lowest BCUT2D eigenvalue weighted by Crippen LogP contribution is -2.51. The van der Waals surface area contributed by atoms with E-state index in [1.165, 1.54) is 0 Å². The van der Waals surface area contributed by atoms with Gasteiger partial charge < -0.3 is 5.11 Å². The molecule has 1 fully saturated rings. The second-order valence-corrected chi connectivity index (χ2v) is 5.49. The predicted molar refractivity (Wildman–Crippen MR) is 49.4 cm³/mol. The van der Waals surface area contributed by atoms with Gasteiger partial charge in [0.1, 0.15) is 0 Å². The van der Waals surface area contributed by atoms with E-state index in [1.54, 1.807) is 13.8 Å². The first-order valence-corrected chi connectivity index (χ1v) is 5.75. The number of aliphatic hydroxyl groups is 1. The average molecular weight is 208 g/mol. The minimum atomic E-state index is -3.45. The van der Waals surface area contributed by atoms with E-state index in [2.05, 4.69) is 9.44 Å². The summed E-state index contributed by atoms with van der Waals surface area (Å²) in [6.07, 6.45) is 1.81. The molecule has 1 saturated carbocycles. The molecule has 0 saturated heterocycles. The van der Waals surface area contributed by atoms with Gasteiger partial charge in [-0.15, -0.1) is 0 Å². The summed E-state index contributed by atoms with van der Waals surface area (Å²) in [6, 6.07) is 0.0898. The number of rotatable bonds is 5. The first-order valence-electron chi connectivity index (χ1n) is 4.27. The predicted octanol–water partition coefficient (Wildman–Crippen LogP) is -0.656. The Kier molecular flexibility index (Phi) is 2.96. The van der Waals surface area contributed by atoms with Gasteiger partial charge >= 0.3 is 0 Å². The highest BCUT2D eigenvalue weighted by Gasteiger charge is 2.30. The van der Waals surface area contributed by atoms with Crippen LogP contribution in [0.5, 0.6) is 0 Å². The third kappa shape index (κ3) is 4.04. The molecule has 0 aromatic heterocycles. The molecule has 3 N–H and O–H groups in total. The second kappa shape index (κ2) is 3.53. The Labute approximate surface area is 78.7 Å². The van der Waals surface area contributed by atoms with Crippen molar-refractivity contribution in [3.8, 4) is 0 Å². The van der Waals surface area contributed by atoms with Crippen molar-refractivity contribution in [3.63, 3.8) is 0 Å². The largest absolute Gasteiger partial charge is 0.394 e. The summed E-state index contributed by atoms with van der Waals surface area (Å²) in [4.78, 5) is 0. The summed E-state index contributed by atoms with van der Waals surface area (Å²) in [6.45, 7) is 3.02. The van der Waals surface area contributed by atoms with E-state index in [0.717, 1.165) is 12.8 Å². The van der Waals surface area contributed by atoms with Crippen LogP contribution in [-0.2, 0) is 10.2 Å². The fourth-order valence-electron chi connectivity index (χ4n) is 0.846. The molecule has 0 radical (unpaired) electrons. The fourth-order valence-corrected chi connectivity index (χ4v) is 2.37. The van der Waals surface area contributed by atoms with Crippen LogP contribution in [0, 0.1) is 0 Å². The Balaban J connectivity index is 2.49. The normalized spacial score (nSPS) is 19.0. The summed E-state index contributed by atoms with van der Waals surface area (Å²) in [5, 5.41) is 8.85. The van der Waals surface area contributed by atoms with Gasteiger partial charge in [-0.25, -0.2) is 0 Å². The van der Waals surface area contributed by atoms with Crippen molar-refractivity contribution < 1.29 is 13.5 Å². The van der Waals surface area contributed by atoms with Crippen LogP contribution < -0.4 is 9.44 Å². The van der Waals surface area contributed by atoms with Gasteiger partial charge in [-0.05, 0) is 26.7 Å². The molecule has 0 spiro atoms. The third-order valence-corrected chi connectivity index (χ3v) is 3.17. The van der Waals surface area contributed by atoms with Crippen molar-refractivity contribution in [2.75, 3.05) is 6.61 Å². The monoisotopic (exact) mass is 208 g/mol. The SMILES string of the molecule is CC(C)(CO)NS(=O)(=O)NC1CC1. The molecule has 1 rings (SSSR count). The van der Waals surface area contributed by atoms with E-state index in [0.29, 0.717) is 0 Å². The van der Waals surface area contributed by atoms with Crippen LogP contribution in [0.15, 0.2) is 0 Å². The highest BCUT2D eigenvalue weighted by Crippen LogP contribution is 2.19. The number of hydrogen-bond donors (Lipinski definition) is 3. The molecule has 0 atom stereocenters. The fraction of sp³-hybridized carbons (Fsp3) is 1.00. The quantitative estimate of drug-likeness (QED) is 0.561. The average Bonchev–Trinajstić information content (AvgIpc) is 2.68. The van der Waals surface area contributed by atoms with Crippen molar-refractivity contribution in [1.29, 1.82) is 0 Å². The molecular formula is C7H16N2O3S. The van der Waals surface area contributed by atoms with E-state index >= 15 is 0 Å².